The Morgan fingerprint density at radius 1 is 0.902 bits per heavy atom. The Bertz CT molecular complexity index is 1300. The fourth-order valence-corrected chi connectivity index (χ4v) is 4.47. The Labute approximate surface area is 246 Å². The largest absolute Gasteiger partial charge is 0.468 e. The molecule has 0 radical (unpaired) electrons. The number of benzene rings is 3. The molecule has 0 unspecified atom stereocenters. The molecule has 3 rings (SSSR count). The highest BCUT2D eigenvalue weighted by molar-refractivity contribution is 7.81. The highest BCUT2D eigenvalue weighted by atomic mass is 32.1. The summed E-state index contributed by atoms with van der Waals surface area (Å²) in [6, 6.07) is 22.4. The van der Waals surface area contributed by atoms with Crippen molar-refractivity contribution < 1.29 is 24.2 Å². The van der Waals surface area contributed by atoms with E-state index in [1.807, 2.05) is 67.6 Å². The molecule has 0 heterocycles. The Balaban J connectivity index is 1.83. The summed E-state index contributed by atoms with van der Waals surface area (Å²) in [5, 5.41) is 19.1. The minimum Gasteiger partial charge on any atom is -0.468 e. The number of aliphatic hydroxyl groups excluding tert-OH is 1. The van der Waals surface area contributed by atoms with Crippen LogP contribution in [0.25, 0.3) is 0 Å². The lowest BCUT2D eigenvalue weighted by atomic mass is 10.0. The van der Waals surface area contributed by atoms with Crippen LogP contribution in [0.3, 0.4) is 0 Å². The number of hydrogen-bond acceptors (Lipinski definition) is 8. The first-order chi connectivity index (χ1) is 19.6. The second kappa shape index (κ2) is 15.2. The van der Waals surface area contributed by atoms with Gasteiger partial charge in [0.1, 0.15) is 6.04 Å². The molecule has 0 saturated heterocycles. The highest BCUT2D eigenvalue weighted by Gasteiger charge is 2.26. The summed E-state index contributed by atoms with van der Waals surface area (Å²) in [5.41, 5.74) is 3.09. The second-order valence-electron chi connectivity index (χ2n) is 9.91. The van der Waals surface area contributed by atoms with Gasteiger partial charge in [0.2, 0.25) is 0 Å². The van der Waals surface area contributed by atoms with Crippen molar-refractivity contribution >= 4 is 36.3 Å². The number of esters is 1. The van der Waals surface area contributed by atoms with E-state index < -0.39 is 30.1 Å². The molecule has 218 valence electrons. The SMILES string of the molecule is COC(=O)[C@H](NC[C@H](Cc1ccccc1)NC(=O)c1cc(C(=O)N[C@H](C)c2ccccc2)cc(N(C)S)c1)[C@@H](C)O. The van der Waals surface area contributed by atoms with Gasteiger partial charge >= 0.3 is 5.97 Å². The van der Waals surface area contributed by atoms with Crippen LogP contribution < -0.4 is 20.3 Å². The van der Waals surface area contributed by atoms with Crippen molar-refractivity contribution in [3.8, 4) is 0 Å². The fraction of sp³-hybridized carbons (Fsp3) is 0.323. The fourth-order valence-electron chi connectivity index (χ4n) is 4.35. The van der Waals surface area contributed by atoms with Crippen LogP contribution in [0.4, 0.5) is 5.69 Å². The van der Waals surface area contributed by atoms with Crippen LogP contribution in [0.15, 0.2) is 78.9 Å². The molecular formula is C31H38N4O5S. The zero-order chi connectivity index (χ0) is 29.9. The molecule has 3 aromatic rings. The quantitative estimate of drug-likeness (QED) is 0.156. The Morgan fingerprint density at radius 2 is 1.46 bits per heavy atom. The maximum atomic E-state index is 13.6. The average Bonchev–Trinajstić information content (AvgIpc) is 2.97. The van der Waals surface area contributed by atoms with E-state index >= 15 is 0 Å². The summed E-state index contributed by atoms with van der Waals surface area (Å²) in [7, 11) is 2.96. The number of thiol groups is 1. The standard InChI is InChI=1S/C31H38N4O5S/c1-20(23-13-9-6-10-14-23)33-29(37)24-16-25(18-27(17-24)35(3)41)30(38)34-26(15-22-11-7-5-8-12-22)19-32-28(21(2)36)31(39)40-4/h5-14,16-18,20-21,26,28,32,36,41H,15,19H2,1-4H3,(H,33,37)(H,34,38)/t20-,21-,26+,28-/m1/s1. The molecule has 0 aliphatic rings. The second-order valence-corrected chi connectivity index (χ2v) is 10.5. The summed E-state index contributed by atoms with van der Waals surface area (Å²) in [6.07, 6.45) is -0.543. The van der Waals surface area contributed by atoms with Crippen molar-refractivity contribution in [1.29, 1.82) is 0 Å². The molecule has 0 aliphatic carbocycles. The van der Waals surface area contributed by atoms with Crippen LogP contribution in [-0.4, -0.2) is 61.8 Å². The number of anilines is 1. The van der Waals surface area contributed by atoms with Crippen LogP contribution in [0, 0.1) is 0 Å². The number of aliphatic hydroxyl groups is 1. The summed E-state index contributed by atoms with van der Waals surface area (Å²) < 4.78 is 6.33. The van der Waals surface area contributed by atoms with E-state index in [1.165, 1.54) is 18.3 Å². The van der Waals surface area contributed by atoms with E-state index in [-0.39, 0.29) is 24.1 Å². The summed E-state index contributed by atoms with van der Waals surface area (Å²) in [5.74, 6) is -1.33. The molecule has 3 aromatic carbocycles. The topological polar surface area (TPSA) is 120 Å². The van der Waals surface area contributed by atoms with Crippen LogP contribution in [-0.2, 0) is 16.0 Å². The van der Waals surface area contributed by atoms with Crippen molar-refractivity contribution in [3.63, 3.8) is 0 Å². The van der Waals surface area contributed by atoms with E-state index in [9.17, 15) is 19.5 Å². The van der Waals surface area contributed by atoms with Gasteiger partial charge in [0.25, 0.3) is 11.8 Å². The number of amides is 2. The maximum Gasteiger partial charge on any atom is 0.325 e. The molecule has 2 amide bonds. The van der Waals surface area contributed by atoms with E-state index in [1.54, 1.807) is 25.2 Å². The van der Waals surface area contributed by atoms with Crippen LogP contribution in [0.2, 0.25) is 0 Å². The lowest BCUT2D eigenvalue weighted by Gasteiger charge is -2.25. The van der Waals surface area contributed by atoms with E-state index in [0.717, 1.165) is 11.1 Å². The van der Waals surface area contributed by atoms with Gasteiger partial charge in [0.15, 0.2) is 0 Å². The molecule has 41 heavy (non-hydrogen) atoms. The number of methoxy groups -OCH3 is 1. The predicted octanol–water partition coefficient (Wildman–Crippen LogP) is 3.31. The molecule has 9 nitrogen and oxygen atoms in total. The average molecular weight is 579 g/mol. The summed E-state index contributed by atoms with van der Waals surface area (Å²) in [4.78, 5) is 38.9. The number of carbonyl (C=O) groups is 3. The Hall–Kier alpha value is -3.86. The third-order valence-electron chi connectivity index (χ3n) is 6.64. The number of nitrogens with zero attached hydrogens (tertiary/aromatic N) is 1. The number of ether oxygens (including phenoxy) is 1. The Morgan fingerprint density at radius 3 is 2.00 bits per heavy atom. The van der Waals surface area contributed by atoms with Crippen LogP contribution >= 0.6 is 12.8 Å². The normalized spacial score (nSPS) is 13.8. The van der Waals surface area contributed by atoms with Crippen molar-refractivity contribution in [2.75, 3.05) is 25.0 Å². The maximum absolute atomic E-state index is 13.6. The minimum absolute atomic E-state index is 0.180. The van der Waals surface area contributed by atoms with Gasteiger partial charge in [0.05, 0.1) is 19.3 Å². The van der Waals surface area contributed by atoms with Crippen molar-refractivity contribution in [2.24, 2.45) is 0 Å². The number of hydrogen-bond donors (Lipinski definition) is 5. The first kappa shape index (κ1) is 31.7. The third kappa shape index (κ3) is 9.34. The molecule has 0 fully saturated rings. The lowest BCUT2D eigenvalue weighted by molar-refractivity contribution is -0.145. The predicted molar refractivity (Wildman–Crippen MR) is 163 cm³/mol. The zero-order valence-electron chi connectivity index (χ0n) is 23.7. The first-order valence-corrected chi connectivity index (χ1v) is 13.8. The molecule has 0 spiro atoms. The van der Waals surface area contributed by atoms with Gasteiger partial charge in [-0.3, -0.25) is 14.4 Å². The molecular weight excluding hydrogens is 540 g/mol. The minimum atomic E-state index is -1.00. The number of rotatable bonds is 13. The molecule has 0 aromatic heterocycles. The highest BCUT2D eigenvalue weighted by Crippen LogP contribution is 2.21. The molecule has 10 heteroatoms. The van der Waals surface area contributed by atoms with Crippen molar-refractivity contribution in [2.45, 2.75) is 44.5 Å². The van der Waals surface area contributed by atoms with E-state index in [4.69, 9.17) is 4.74 Å². The van der Waals surface area contributed by atoms with Gasteiger partial charge in [0, 0.05) is 36.4 Å². The summed E-state index contributed by atoms with van der Waals surface area (Å²) >= 11 is 4.38. The molecule has 4 N–H and O–H groups in total. The van der Waals surface area contributed by atoms with Gasteiger partial charge < -0.3 is 30.1 Å². The lowest BCUT2D eigenvalue weighted by Crippen LogP contribution is -2.52. The van der Waals surface area contributed by atoms with E-state index in [2.05, 4.69) is 28.8 Å². The van der Waals surface area contributed by atoms with Gasteiger partial charge in [-0.1, -0.05) is 73.5 Å². The van der Waals surface area contributed by atoms with E-state index in [0.29, 0.717) is 17.7 Å². The smallest absolute Gasteiger partial charge is 0.325 e. The van der Waals surface area contributed by atoms with Gasteiger partial charge in [-0.2, -0.15) is 0 Å². The third-order valence-corrected chi connectivity index (χ3v) is 6.88. The van der Waals surface area contributed by atoms with Gasteiger partial charge in [-0.25, -0.2) is 0 Å². The molecule has 0 bridgehead atoms. The van der Waals surface area contributed by atoms with Crippen LogP contribution in [0.1, 0.15) is 51.7 Å². The van der Waals surface area contributed by atoms with Crippen molar-refractivity contribution in [3.05, 3.63) is 101 Å². The number of carbonyl (C=O) groups excluding carboxylic acids is 3. The molecule has 4 atom stereocenters. The van der Waals surface area contributed by atoms with Crippen LogP contribution in [0.5, 0.6) is 0 Å². The summed E-state index contributed by atoms with van der Waals surface area (Å²) in [6.45, 7) is 3.56. The Kier molecular flexibility index (Phi) is 11.8. The number of nitrogens with one attached hydrogen (secondary N) is 3. The van der Waals surface area contributed by atoms with Gasteiger partial charge in [-0.15, -0.1) is 0 Å². The monoisotopic (exact) mass is 578 g/mol. The molecule has 0 saturated carbocycles. The molecule has 0 aliphatic heterocycles. The van der Waals surface area contributed by atoms with Gasteiger partial charge in [-0.05, 0) is 49.6 Å². The first-order valence-electron chi connectivity index (χ1n) is 13.4. The zero-order valence-corrected chi connectivity index (χ0v) is 24.6. The van der Waals surface area contributed by atoms with Crippen molar-refractivity contribution in [1.82, 2.24) is 16.0 Å².